The summed E-state index contributed by atoms with van der Waals surface area (Å²) in [5, 5.41) is 10.2. The van der Waals surface area contributed by atoms with Crippen LogP contribution < -0.4 is 14.5 Å². The number of piperazine rings is 1. The normalized spacial score (nSPS) is 23.9. The largest absolute Gasteiger partial charge is 0.490 e. The number of benzene rings is 1. The summed E-state index contributed by atoms with van der Waals surface area (Å²) in [4.78, 5) is 3.09. The van der Waals surface area contributed by atoms with Crippen molar-refractivity contribution >= 4 is 0 Å². The highest BCUT2D eigenvalue weighted by Gasteiger charge is 2.23. The summed E-state index contributed by atoms with van der Waals surface area (Å²) >= 11 is 0. The van der Waals surface area contributed by atoms with Crippen molar-refractivity contribution in [1.82, 2.24) is 0 Å². The van der Waals surface area contributed by atoms with Gasteiger partial charge >= 0.3 is 0 Å². The highest BCUT2D eigenvalue weighted by molar-refractivity contribution is 5.42. The number of quaternary nitrogens is 2. The van der Waals surface area contributed by atoms with Gasteiger partial charge < -0.3 is 19.6 Å². The van der Waals surface area contributed by atoms with Gasteiger partial charge in [0.25, 0.3) is 0 Å². The van der Waals surface area contributed by atoms with E-state index in [4.69, 9.17) is 4.74 Å². The van der Waals surface area contributed by atoms with Crippen molar-refractivity contribution in [2.75, 3.05) is 46.4 Å². The van der Waals surface area contributed by atoms with Gasteiger partial charge in [0.1, 0.15) is 51.2 Å². The summed E-state index contributed by atoms with van der Waals surface area (Å²) in [7, 11) is 2.24. The van der Waals surface area contributed by atoms with Gasteiger partial charge in [0.05, 0.1) is 7.05 Å². The van der Waals surface area contributed by atoms with Gasteiger partial charge in [-0.1, -0.05) is 17.7 Å². The molecule has 21 heavy (non-hydrogen) atoms. The molecule has 4 nitrogen and oxygen atoms in total. The number of hydrogen-bond acceptors (Lipinski definition) is 2. The molecule has 0 amide bonds. The fraction of sp³-hybridized carbons (Fsp3) is 0.647. The van der Waals surface area contributed by atoms with Crippen molar-refractivity contribution in [2.45, 2.75) is 26.9 Å². The Hall–Kier alpha value is -1.10. The Bertz CT molecular complexity index is 445. The predicted molar refractivity (Wildman–Crippen MR) is 84.3 cm³/mol. The third-order valence-corrected chi connectivity index (χ3v) is 4.36. The van der Waals surface area contributed by atoms with Crippen molar-refractivity contribution in [3.05, 3.63) is 28.8 Å². The van der Waals surface area contributed by atoms with E-state index >= 15 is 0 Å². The number of aliphatic hydroxyl groups excluding tert-OH is 1. The molecule has 0 aromatic heterocycles. The van der Waals surface area contributed by atoms with E-state index in [1.807, 2.05) is 0 Å². The van der Waals surface area contributed by atoms with Crippen LogP contribution in [-0.2, 0) is 0 Å². The van der Waals surface area contributed by atoms with Crippen LogP contribution in [0.5, 0.6) is 5.75 Å². The molecule has 0 radical (unpaired) electrons. The number of aliphatic hydroxyl groups is 1. The lowest BCUT2D eigenvalue weighted by atomic mass is 10.1. The Morgan fingerprint density at radius 2 is 1.67 bits per heavy atom. The minimum Gasteiger partial charge on any atom is -0.490 e. The number of likely N-dealkylation sites (N-methyl/N-ethyl adjacent to an activating group) is 1. The Balaban J connectivity index is 1.83. The molecule has 0 saturated carbocycles. The molecule has 1 aliphatic rings. The first-order chi connectivity index (χ1) is 9.95. The Morgan fingerprint density at radius 3 is 2.24 bits per heavy atom. The van der Waals surface area contributed by atoms with E-state index in [1.54, 1.807) is 4.90 Å². The van der Waals surface area contributed by atoms with Gasteiger partial charge in [-0.2, -0.15) is 0 Å². The lowest BCUT2D eigenvalue weighted by Crippen LogP contribution is -3.27. The summed E-state index contributed by atoms with van der Waals surface area (Å²) < 4.78 is 5.88. The predicted octanol–water partition coefficient (Wildman–Crippen LogP) is -1.24. The van der Waals surface area contributed by atoms with Crippen molar-refractivity contribution in [2.24, 2.45) is 0 Å². The molecule has 0 unspecified atom stereocenters. The Labute approximate surface area is 128 Å². The third-order valence-electron chi connectivity index (χ3n) is 4.36. The average Bonchev–Trinajstić information content (AvgIpc) is 2.40. The molecule has 4 heteroatoms. The van der Waals surface area contributed by atoms with Gasteiger partial charge in [-0.25, -0.2) is 0 Å². The molecule has 0 aliphatic carbocycles. The standard InChI is InChI=1S/C17H28N2O2/c1-13-9-14(2)17(15(3)10-13)21-12-16(20)11-19-7-5-18(4)6-8-19/h9-10,16,20H,5-8,11-12H2,1-4H3/p+2/t16-/m1/s1. The molecular formula is C17H30N2O2+2. The van der Waals surface area contributed by atoms with E-state index in [9.17, 15) is 5.11 Å². The second-order valence-electron chi connectivity index (χ2n) is 6.60. The van der Waals surface area contributed by atoms with E-state index in [2.05, 4.69) is 40.0 Å². The Kier molecular flexibility index (Phi) is 5.62. The fourth-order valence-corrected chi connectivity index (χ4v) is 3.20. The SMILES string of the molecule is Cc1cc(C)c(OC[C@H](O)C[NH+]2CC[NH+](C)CC2)c(C)c1. The van der Waals surface area contributed by atoms with Crippen LogP contribution in [-0.4, -0.2) is 57.6 Å². The van der Waals surface area contributed by atoms with Crippen LogP contribution in [0, 0.1) is 20.8 Å². The van der Waals surface area contributed by atoms with Gasteiger partial charge in [0.15, 0.2) is 0 Å². The zero-order valence-electron chi connectivity index (χ0n) is 13.8. The van der Waals surface area contributed by atoms with Gasteiger partial charge in [-0.15, -0.1) is 0 Å². The molecule has 1 fully saturated rings. The minimum atomic E-state index is -0.390. The number of nitrogens with one attached hydrogen (secondary N) is 2. The lowest BCUT2D eigenvalue weighted by Gasteiger charge is -2.28. The maximum Gasteiger partial charge on any atom is 0.137 e. The molecule has 3 N–H and O–H groups in total. The molecule has 1 aromatic rings. The first-order valence-electron chi connectivity index (χ1n) is 7.99. The molecule has 1 aromatic carbocycles. The van der Waals surface area contributed by atoms with Crippen molar-refractivity contribution in [3.8, 4) is 5.75 Å². The van der Waals surface area contributed by atoms with Crippen LogP contribution in [0.2, 0.25) is 0 Å². The summed E-state index contributed by atoms with van der Waals surface area (Å²) in [5.41, 5.74) is 3.55. The maximum absolute atomic E-state index is 10.2. The quantitative estimate of drug-likeness (QED) is 0.636. The number of ether oxygens (including phenoxy) is 1. The lowest BCUT2D eigenvalue weighted by molar-refractivity contribution is -1.00. The molecule has 1 saturated heterocycles. The number of hydrogen-bond donors (Lipinski definition) is 3. The van der Waals surface area contributed by atoms with Crippen LogP contribution in [0.1, 0.15) is 16.7 Å². The molecule has 118 valence electrons. The highest BCUT2D eigenvalue weighted by atomic mass is 16.5. The molecule has 1 atom stereocenters. The molecule has 1 aliphatic heterocycles. The summed E-state index contributed by atoms with van der Waals surface area (Å²) in [6, 6.07) is 4.26. The summed E-state index contributed by atoms with van der Waals surface area (Å²) in [6.45, 7) is 12.1. The topological polar surface area (TPSA) is 38.3 Å². The maximum atomic E-state index is 10.2. The van der Waals surface area contributed by atoms with Gasteiger partial charge in [-0.3, -0.25) is 0 Å². The van der Waals surface area contributed by atoms with E-state index < -0.39 is 6.10 Å². The van der Waals surface area contributed by atoms with Crippen LogP contribution in [0.3, 0.4) is 0 Å². The first-order valence-corrected chi connectivity index (χ1v) is 7.99. The van der Waals surface area contributed by atoms with E-state index in [0.29, 0.717) is 6.61 Å². The summed E-state index contributed by atoms with van der Waals surface area (Å²) in [6.07, 6.45) is -0.390. The second-order valence-corrected chi connectivity index (χ2v) is 6.60. The monoisotopic (exact) mass is 294 g/mol. The molecule has 1 heterocycles. The van der Waals surface area contributed by atoms with Crippen LogP contribution in [0.4, 0.5) is 0 Å². The average molecular weight is 294 g/mol. The van der Waals surface area contributed by atoms with Crippen LogP contribution in [0.25, 0.3) is 0 Å². The fourth-order valence-electron chi connectivity index (χ4n) is 3.20. The third kappa shape index (κ3) is 4.70. The van der Waals surface area contributed by atoms with E-state index in [0.717, 1.165) is 36.5 Å². The molecule has 0 spiro atoms. The zero-order valence-corrected chi connectivity index (χ0v) is 13.8. The first kappa shape index (κ1) is 16.3. The number of aryl methyl sites for hydroxylation is 3. The van der Waals surface area contributed by atoms with Gasteiger partial charge in [-0.05, 0) is 31.9 Å². The van der Waals surface area contributed by atoms with E-state index in [1.165, 1.54) is 23.6 Å². The van der Waals surface area contributed by atoms with Crippen LogP contribution in [0.15, 0.2) is 12.1 Å². The molecule has 2 rings (SSSR count). The van der Waals surface area contributed by atoms with Crippen LogP contribution >= 0.6 is 0 Å². The smallest absolute Gasteiger partial charge is 0.137 e. The minimum absolute atomic E-state index is 0.386. The zero-order chi connectivity index (χ0) is 15.4. The molecular weight excluding hydrogens is 264 g/mol. The van der Waals surface area contributed by atoms with Gasteiger partial charge in [0.2, 0.25) is 0 Å². The van der Waals surface area contributed by atoms with Crippen molar-refractivity contribution in [3.63, 3.8) is 0 Å². The van der Waals surface area contributed by atoms with Crippen molar-refractivity contribution < 1.29 is 19.6 Å². The van der Waals surface area contributed by atoms with Crippen molar-refractivity contribution in [1.29, 1.82) is 0 Å². The number of rotatable bonds is 5. The molecule has 0 bridgehead atoms. The van der Waals surface area contributed by atoms with E-state index in [-0.39, 0.29) is 0 Å². The highest BCUT2D eigenvalue weighted by Crippen LogP contribution is 2.24. The summed E-state index contributed by atoms with van der Waals surface area (Å²) in [5.74, 6) is 0.928. The second kappa shape index (κ2) is 7.25. The van der Waals surface area contributed by atoms with Gasteiger partial charge in [0, 0.05) is 0 Å². The Morgan fingerprint density at radius 1 is 1.10 bits per heavy atom.